The maximum absolute atomic E-state index is 13.2. The van der Waals surface area contributed by atoms with Crippen LogP contribution in [0.2, 0.25) is 0 Å². The van der Waals surface area contributed by atoms with E-state index in [1.807, 2.05) is 0 Å². The van der Waals surface area contributed by atoms with Gasteiger partial charge in [0, 0.05) is 6.26 Å². The molecule has 82 valence electrons. The van der Waals surface area contributed by atoms with Gasteiger partial charge in [-0.3, -0.25) is 0 Å². The van der Waals surface area contributed by atoms with Crippen molar-refractivity contribution in [3.05, 3.63) is 23.5 Å². The number of halogens is 1. The van der Waals surface area contributed by atoms with Crippen molar-refractivity contribution in [3.8, 4) is 5.75 Å². The molecule has 0 spiro atoms. The van der Waals surface area contributed by atoms with Crippen LogP contribution in [0.3, 0.4) is 0 Å². The molecule has 0 aliphatic rings. The predicted molar refractivity (Wildman–Crippen MR) is 48.1 cm³/mol. The maximum Gasteiger partial charge on any atom is 0.339 e. The first-order chi connectivity index (χ1) is 6.75. The third-order valence-electron chi connectivity index (χ3n) is 1.71. The van der Waals surface area contributed by atoms with Crippen molar-refractivity contribution in [3.63, 3.8) is 0 Å². The van der Waals surface area contributed by atoms with E-state index in [2.05, 4.69) is 0 Å². The van der Waals surface area contributed by atoms with Crippen LogP contribution in [0.4, 0.5) is 4.39 Å². The minimum absolute atomic E-state index is 0.681. The molecule has 0 atom stereocenters. The quantitative estimate of drug-likeness (QED) is 0.783. The number of aromatic carboxylic acids is 1. The van der Waals surface area contributed by atoms with Gasteiger partial charge in [-0.05, 0) is 12.1 Å². The summed E-state index contributed by atoms with van der Waals surface area (Å²) < 4.78 is 35.2. The zero-order valence-corrected chi connectivity index (χ0v) is 8.38. The molecule has 0 saturated carbocycles. The van der Waals surface area contributed by atoms with E-state index >= 15 is 0 Å². The lowest BCUT2D eigenvalue weighted by Gasteiger charge is -2.04. The predicted octanol–water partition coefficient (Wildman–Crippen LogP) is 0.633. The number of hydrogen-bond donors (Lipinski definition) is 2. The van der Waals surface area contributed by atoms with Gasteiger partial charge in [0.05, 0.1) is 0 Å². The Balaban J connectivity index is 3.55. The average molecular weight is 234 g/mol. The number of sulfone groups is 1. The average Bonchev–Trinajstić information content (AvgIpc) is 2.06. The van der Waals surface area contributed by atoms with Gasteiger partial charge in [-0.2, -0.15) is 0 Å². The fraction of sp³-hybridized carbons (Fsp3) is 0.125. The molecule has 2 N–H and O–H groups in total. The summed E-state index contributed by atoms with van der Waals surface area (Å²) in [4.78, 5) is 9.73. The molecule has 0 unspecified atom stereocenters. The number of rotatable bonds is 2. The molecule has 0 aromatic heterocycles. The molecule has 1 rings (SSSR count). The van der Waals surface area contributed by atoms with E-state index in [9.17, 15) is 17.6 Å². The molecule has 1 aromatic carbocycles. The van der Waals surface area contributed by atoms with E-state index in [0.29, 0.717) is 0 Å². The number of carboxylic acids is 1. The normalized spacial score (nSPS) is 11.3. The first-order valence-electron chi connectivity index (χ1n) is 3.70. The van der Waals surface area contributed by atoms with Crippen LogP contribution < -0.4 is 0 Å². The molecule has 5 nitrogen and oxygen atoms in total. The van der Waals surface area contributed by atoms with Gasteiger partial charge in [-0.15, -0.1) is 0 Å². The van der Waals surface area contributed by atoms with Crippen molar-refractivity contribution in [1.29, 1.82) is 0 Å². The summed E-state index contributed by atoms with van der Waals surface area (Å²) >= 11 is 0. The maximum atomic E-state index is 13.2. The van der Waals surface area contributed by atoms with Gasteiger partial charge >= 0.3 is 5.97 Å². The van der Waals surface area contributed by atoms with Crippen LogP contribution in [0.15, 0.2) is 17.0 Å². The van der Waals surface area contributed by atoms with Crippen LogP contribution in [0.25, 0.3) is 0 Å². The lowest BCUT2D eigenvalue weighted by atomic mass is 10.2. The Morgan fingerprint density at radius 1 is 1.40 bits per heavy atom. The van der Waals surface area contributed by atoms with Gasteiger partial charge in [0.1, 0.15) is 10.5 Å². The van der Waals surface area contributed by atoms with Crippen LogP contribution in [-0.2, 0) is 9.84 Å². The Hall–Kier alpha value is -1.63. The van der Waals surface area contributed by atoms with Gasteiger partial charge in [0.2, 0.25) is 0 Å². The molecule has 0 amide bonds. The Labute approximate surface area is 84.7 Å². The summed E-state index contributed by atoms with van der Waals surface area (Å²) in [5.74, 6) is -4.16. The molecule has 7 heteroatoms. The Kier molecular flexibility index (Phi) is 2.67. The van der Waals surface area contributed by atoms with E-state index in [4.69, 9.17) is 10.2 Å². The van der Waals surface area contributed by atoms with E-state index < -0.39 is 37.8 Å². The number of hydrogen-bond acceptors (Lipinski definition) is 4. The largest absolute Gasteiger partial charge is 0.504 e. The van der Waals surface area contributed by atoms with Crippen molar-refractivity contribution in [2.24, 2.45) is 0 Å². The van der Waals surface area contributed by atoms with Crippen LogP contribution in [-0.4, -0.2) is 30.9 Å². The third kappa shape index (κ3) is 2.07. The Morgan fingerprint density at radius 3 is 2.33 bits per heavy atom. The van der Waals surface area contributed by atoms with E-state index in [1.54, 1.807) is 0 Å². The highest BCUT2D eigenvalue weighted by Crippen LogP contribution is 2.27. The second kappa shape index (κ2) is 3.50. The monoisotopic (exact) mass is 234 g/mol. The summed E-state index contributed by atoms with van der Waals surface area (Å²) in [5, 5.41) is 17.6. The van der Waals surface area contributed by atoms with E-state index in [-0.39, 0.29) is 0 Å². The van der Waals surface area contributed by atoms with Crippen LogP contribution in [0.5, 0.6) is 5.75 Å². The second-order valence-electron chi connectivity index (χ2n) is 2.85. The lowest BCUT2D eigenvalue weighted by molar-refractivity contribution is 0.0692. The number of benzene rings is 1. The standard InChI is InChI=1S/C8H7FO5S/c1-15(13,14)5-3-2-4(8(11)12)7(10)6(5)9/h2-3,10H,1H3,(H,11,12). The van der Waals surface area contributed by atoms with Gasteiger partial charge < -0.3 is 10.2 Å². The highest BCUT2D eigenvalue weighted by atomic mass is 32.2. The lowest BCUT2D eigenvalue weighted by Crippen LogP contribution is -2.05. The highest BCUT2D eigenvalue weighted by molar-refractivity contribution is 7.90. The molecule has 0 bridgehead atoms. The molecule has 0 aliphatic carbocycles. The van der Waals surface area contributed by atoms with Crippen molar-refractivity contribution in [2.75, 3.05) is 6.26 Å². The summed E-state index contributed by atoms with van der Waals surface area (Å²) in [7, 11) is -3.83. The van der Waals surface area contributed by atoms with Gasteiger partial charge in [-0.1, -0.05) is 0 Å². The Bertz CT molecular complexity index is 520. The molecule has 1 aromatic rings. The third-order valence-corrected chi connectivity index (χ3v) is 2.82. The zero-order valence-electron chi connectivity index (χ0n) is 7.56. The molecule has 0 saturated heterocycles. The molecule has 15 heavy (non-hydrogen) atoms. The van der Waals surface area contributed by atoms with Crippen molar-refractivity contribution >= 4 is 15.8 Å². The van der Waals surface area contributed by atoms with Crippen molar-refractivity contribution < 1.29 is 27.8 Å². The zero-order chi connectivity index (χ0) is 11.8. The minimum Gasteiger partial charge on any atom is -0.504 e. The van der Waals surface area contributed by atoms with E-state index in [0.717, 1.165) is 18.4 Å². The highest BCUT2D eigenvalue weighted by Gasteiger charge is 2.22. The van der Waals surface area contributed by atoms with Crippen LogP contribution in [0.1, 0.15) is 10.4 Å². The number of carbonyl (C=O) groups is 1. The topological polar surface area (TPSA) is 91.7 Å². The fourth-order valence-corrected chi connectivity index (χ4v) is 1.74. The first-order valence-corrected chi connectivity index (χ1v) is 5.59. The van der Waals surface area contributed by atoms with E-state index in [1.165, 1.54) is 0 Å². The van der Waals surface area contributed by atoms with Gasteiger partial charge in [0.25, 0.3) is 0 Å². The summed E-state index contributed by atoms with van der Waals surface area (Å²) in [5.41, 5.74) is -0.681. The number of phenols is 1. The molecule has 0 heterocycles. The SMILES string of the molecule is CS(=O)(=O)c1ccc(C(=O)O)c(O)c1F. The minimum atomic E-state index is -3.83. The fourth-order valence-electron chi connectivity index (χ4n) is 1.00. The smallest absolute Gasteiger partial charge is 0.339 e. The summed E-state index contributed by atoms with van der Waals surface area (Å²) in [6.45, 7) is 0. The van der Waals surface area contributed by atoms with Crippen molar-refractivity contribution in [2.45, 2.75) is 4.90 Å². The van der Waals surface area contributed by atoms with Gasteiger partial charge in [-0.25, -0.2) is 17.6 Å². The molecular formula is C8H7FO5S. The molecular weight excluding hydrogens is 227 g/mol. The number of carboxylic acid groups (broad SMARTS) is 1. The molecule has 0 fully saturated rings. The van der Waals surface area contributed by atoms with Crippen LogP contribution >= 0.6 is 0 Å². The van der Waals surface area contributed by atoms with Gasteiger partial charge in [0.15, 0.2) is 21.4 Å². The Morgan fingerprint density at radius 2 is 1.93 bits per heavy atom. The summed E-state index contributed by atoms with van der Waals surface area (Å²) in [6.07, 6.45) is 0.755. The molecule has 0 radical (unpaired) electrons. The molecule has 0 aliphatic heterocycles. The number of aromatic hydroxyl groups is 1. The summed E-state index contributed by atoms with van der Waals surface area (Å²) in [6, 6.07) is 1.63. The van der Waals surface area contributed by atoms with Crippen LogP contribution in [0, 0.1) is 5.82 Å². The first kappa shape index (κ1) is 11.4. The second-order valence-corrected chi connectivity index (χ2v) is 4.84. The van der Waals surface area contributed by atoms with Crippen molar-refractivity contribution in [1.82, 2.24) is 0 Å².